The highest BCUT2D eigenvalue weighted by molar-refractivity contribution is 5.92. The Kier molecular flexibility index (Phi) is 4.26. The Bertz CT molecular complexity index is 724. The Hall–Kier alpha value is -3.09. The third-order valence-electron chi connectivity index (χ3n) is 3.02. The van der Waals surface area contributed by atoms with E-state index in [1.807, 2.05) is 31.2 Å². The van der Waals surface area contributed by atoms with Crippen LogP contribution >= 0.6 is 0 Å². The topological polar surface area (TPSA) is 110 Å². The molecule has 2 aromatic carbocycles. The van der Waals surface area contributed by atoms with E-state index in [4.69, 9.17) is 9.84 Å². The number of phenols is 1. The van der Waals surface area contributed by atoms with Gasteiger partial charge in [0.05, 0.1) is 4.92 Å². The molecule has 0 unspecified atom stereocenters. The molecule has 0 spiro atoms. The van der Waals surface area contributed by atoms with E-state index in [-0.39, 0.29) is 12.4 Å². The third kappa shape index (κ3) is 3.32. The van der Waals surface area contributed by atoms with Crippen LogP contribution in [0.5, 0.6) is 11.5 Å². The summed E-state index contributed by atoms with van der Waals surface area (Å²) in [5.74, 6) is -2.23. The number of ether oxygens (including phenoxy) is 1. The number of benzene rings is 2. The number of carboxylic acids is 1. The zero-order valence-corrected chi connectivity index (χ0v) is 11.6. The highest BCUT2D eigenvalue weighted by Crippen LogP contribution is 2.34. The van der Waals surface area contributed by atoms with Crippen LogP contribution in [0.25, 0.3) is 0 Å². The van der Waals surface area contributed by atoms with Gasteiger partial charge in [0.25, 0.3) is 0 Å². The summed E-state index contributed by atoms with van der Waals surface area (Å²) in [4.78, 5) is 21.2. The maximum absolute atomic E-state index is 11.0. The van der Waals surface area contributed by atoms with Crippen molar-refractivity contribution in [1.29, 1.82) is 0 Å². The molecular formula is C15H13NO6. The van der Waals surface area contributed by atoms with Gasteiger partial charge in [-0.1, -0.05) is 29.8 Å². The lowest BCUT2D eigenvalue weighted by Gasteiger charge is -2.09. The fourth-order valence-electron chi connectivity index (χ4n) is 1.83. The van der Waals surface area contributed by atoms with Gasteiger partial charge in [0.1, 0.15) is 17.9 Å². The van der Waals surface area contributed by atoms with Crippen LogP contribution in [0.4, 0.5) is 5.69 Å². The molecule has 22 heavy (non-hydrogen) atoms. The van der Waals surface area contributed by atoms with Crippen molar-refractivity contribution in [3.05, 3.63) is 63.2 Å². The second-order valence-corrected chi connectivity index (χ2v) is 4.67. The summed E-state index contributed by atoms with van der Waals surface area (Å²) >= 11 is 0. The second kappa shape index (κ2) is 6.13. The number of aromatic hydroxyl groups is 1. The molecule has 7 nitrogen and oxygen atoms in total. The first-order chi connectivity index (χ1) is 10.4. The van der Waals surface area contributed by atoms with Crippen molar-refractivity contribution in [2.24, 2.45) is 0 Å². The molecule has 2 aromatic rings. The van der Waals surface area contributed by atoms with Crippen LogP contribution in [0.2, 0.25) is 0 Å². The average Bonchev–Trinajstić information content (AvgIpc) is 2.46. The molecule has 0 atom stereocenters. The summed E-state index contributed by atoms with van der Waals surface area (Å²) in [5.41, 5.74) is 0.802. The van der Waals surface area contributed by atoms with Gasteiger partial charge in [0, 0.05) is 12.1 Å². The maximum Gasteiger partial charge on any atom is 0.339 e. The number of hydrogen-bond donors (Lipinski definition) is 2. The van der Waals surface area contributed by atoms with Gasteiger partial charge in [-0.3, -0.25) is 10.1 Å². The van der Waals surface area contributed by atoms with Crippen molar-refractivity contribution in [3.63, 3.8) is 0 Å². The maximum atomic E-state index is 11.0. The molecule has 0 amide bonds. The summed E-state index contributed by atoms with van der Waals surface area (Å²) in [6.07, 6.45) is 0. The quantitative estimate of drug-likeness (QED) is 0.649. The van der Waals surface area contributed by atoms with Crippen molar-refractivity contribution in [1.82, 2.24) is 0 Å². The van der Waals surface area contributed by atoms with Gasteiger partial charge in [-0.25, -0.2) is 4.79 Å². The molecule has 0 aromatic heterocycles. The van der Waals surface area contributed by atoms with Crippen LogP contribution in [0.1, 0.15) is 21.5 Å². The monoisotopic (exact) mass is 303 g/mol. The van der Waals surface area contributed by atoms with Crippen molar-refractivity contribution >= 4 is 11.7 Å². The van der Waals surface area contributed by atoms with Gasteiger partial charge < -0.3 is 14.9 Å². The SMILES string of the molecule is Cc1ccc(COc2cc(O)c(C(=O)O)cc2[N+](=O)[O-])cc1. The first-order valence-electron chi connectivity index (χ1n) is 6.31. The lowest BCUT2D eigenvalue weighted by atomic mass is 10.1. The van der Waals surface area contributed by atoms with Crippen LogP contribution in [-0.2, 0) is 6.61 Å². The van der Waals surface area contributed by atoms with Gasteiger partial charge in [-0.05, 0) is 12.5 Å². The standard InChI is InChI=1S/C15H13NO6/c1-9-2-4-10(5-3-9)8-22-14-7-13(17)11(15(18)19)6-12(14)16(20)21/h2-7,17H,8H2,1H3,(H,18,19). The number of nitrogens with zero attached hydrogens (tertiary/aromatic N) is 1. The predicted molar refractivity (Wildman–Crippen MR) is 77.2 cm³/mol. The predicted octanol–water partition coefficient (Wildman–Crippen LogP) is 2.89. The highest BCUT2D eigenvalue weighted by Gasteiger charge is 2.22. The number of aromatic carboxylic acids is 1. The number of carboxylic acid groups (broad SMARTS) is 1. The highest BCUT2D eigenvalue weighted by atomic mass is 16.6. The summed E-state index contributed by atoms with van der Waals surface area (Å²) in [7, 11) is 0. The van der Waals surface area contributed by atoms with E-state index in [2.05, 4.69) is 0 Å². The van der Waals surface area contributed by atoms with Gasteiger partial charge in [0.15, 0.2) is 0 Å². The van der Waals surface area contributed by atoms with Crippen molar-refractivity contribution in [2.45, 2.75) is 13.5 Å². The number of rotatable bonds is 5. The van der Waals surface area contributed by atoms with Gasteiger partial charge in [-0.15, -0.1) is 0 Å². The normalized spacial score (nSPS) is 10.2. The zero-order valence-electron chi connectivity index (χ0n) is 11.6. The Labute approximate surface area is 125 Å². The van der Waals surface area contributed by atoms with Crippen molar-refractivity contribution in [2.75, 3.05) is 0 Å². The number of aryl methyl sites for hydroxylation is 1. The largest absolute Gasteiger partial charge is 0.507 e. The zero-order chi connectivity index (χ0) is 16.3. The number of nitro benzene ring substituents is 1. The molecule has 114 valence electrons. The summed E-state index contributed by atoms with van der Waals surface area (Å²) in [6, 6.07) is 9.09. The Morgan fingerprint density at radius 1 is 1.27 bits per heavy atom. The molecule has 0 radical (unpaired) electrons. The van der Waals surface area contributed by atoms with Gasteiger partial charge >= 0.3 is 11.7 Å². The molecule has 0 fully saturated rings. The minimum atomic E-state index is -1.45. The van der Waals surface area contributed by atoms with E-state index in [9.17, 15) is 20.0 Å². The fraction of sp³-hybridized carbons (Fsp3) is 0.133. The molecule has 2 N–H and O–H groups in total. The molecule has 0 aliphatic heterocycles. The first kappa shape index (κ1) is 15.3. The number of nitro groups is 1. The lowest BCUT2D eigenvalue weighted by Crippen LogP contribution is -2.03. The van der Waals surface area contributed by atoms with Gasteiger partial charge in [-0.2, -0.15) is 0 Å². The molecule has 2 rings (SSSR count). The molecule has 0 heterocycles. The van der Waals surface area contributed by atoms with E-state index in [1.54, 1.807) is 0 Å². The Balaban J connectivity index is 2.29. The van der Waals surface area contributed by atoms with Gasteiger partial charge in [0.2, 0.25) is 5.75 Å². The minimum Gasteiger partial charge on any atom is -0.507 e. The fourth-order valence-corrected chi connectivity index (χ4v) is 1.83. The molecule has 0 saturated heterocycles. The van der Waals surface area contributed by atoms with Crippen molar-refractivity contribution in [3.8, 4) is 11.5 Å². The van der Waals surface area contributed by atoms with Crippen LogP contribution < -0.4 is 4.74 Å². The molecule has 0 saturated carbocycles. The Morgan fingerprint density at radius 3 is 2.45 bits per heavy atom. The third-order valence-corrected chi connectivity index (χ3v) is 3.02. The average molecular weight is 303 g/mol. The van der Waals surface area contributed by atoms with E-state index in [1.165, 1.54) is 0 Å². The number of hydrogen-bond acceptors (Lipinski definition) is 5. The molecule has 0 aliphatic rings. The van der Waals surface area contributed by atoms with E-state index < -0.39 is 27.9 Å². The van der Waals surface area contributed by atoms with Crippen LogP contribution in [0, 0.1) is 17.0 Å². The van der Waals surface area contributed by atoms with Crippen LogP contribution in [-0.4, -0.2) is 21.1 Å². The van der Waals surface area contributed by atoms with Crippen LogP contribution in [0.15, 0.2) is 36.4 Å². The molecule has 7 heteroatoms. The van der Waals surface area contributed by atoms with Crippen molar-refractivity contribution < 1.29 is 24.7 Å². The summed E-state index contributed by atoms with van der Waals surface area (Å²) in [5, 5.41) is 29.5. The molecular weight excluding hydrogens is 290 g/mol. The summed E-state index contributed by atoms with van der Waals surface area (Å²) < 4.78 is 5.35. The molecule has 0 aliphatic carbocycles. The molecule has 0 bridgehead atoms. The number of carbonyl (C=O) groups is 1. The lowest BCUT2D eigenvalue weighted by molar-refractivity contribution is -0.386. The van der Waals surface area contributed by atoms with E-state index in [0.29, 0.717) is 0 Å². The minimum absolute atomic E-state index is 0.0625. The summed E-state index contributed by atoms with van der Waals surface area (Å²) in [6.45, 7) is 1.99. The Morgan fingerprint density at radius 2 is 1.91 bits per heavy atom. The van der Waals surface area contributed by atoms with E-state index in [0.717, 1.165) is 23.3 Å². The van der Waals surface area contributed by atoms with E-state index >= 15 is 0 Å². The second-order valence-electron chi connectivity index (χ2n) is 4.67. The smallest absolute Gasteiger partial charge is 0.339 e. The van der Waals surface area contributed by atoms with Crippen LogP contribution in [0.3, 0.4) is 0 Å². The first-order valence-corrected chi connectivity index (χ1v) is 6.31.